The molecule has 0 radical (unpaired) electrons. The van der Waals surface area contributed by atoms with Crippen molar-refractivity contribution in [1.29, 1.82) is 0 Å². The maximum absolute atomic E-state index is 12.1. The molecule has 1 aromatic rings. The summed E-state index contributed by atoms with van der Waals surface area (Å²) in [5.41, 5.74) is 0.751. The van der Waals surface area contributed by atoms with E-state index in [1.807, 2.05) is 6.92 Å². The Balaban J connectivity index is 1.68. The lowest BCUT2D eigenvalue weighted by atomic mass is 10.1. The van der Waals surface area contributed by atoms with Crippen LogP contribution in [0.5, 0.6) is 0 Å². The molecule has 1 aliphatic heterocycles. The molecule has 20 heavy (non-hydrogen) atoms. The van der Waals surface area contributed by atoms with E-state index in [0.29, 0.717) is 17.0 Å². The monoisotopic (exact) mass is 272 g/mol. The zero-order chi connectivity index (χ0) is 14.3. The number of fused-ring (bicyclic) bond motifs is 1. The van der Waals surface area contributed by atoms with Crippen molar-refractivity contribution in [2.45, 2.75) is 25.8 Å². The first kappa shape index (κ1) is 12.8. The molecule has 1 aromatic carbocycles. The maximum Gasteiger partial charge on any atom is 0.262 e. The second-order valence-corrected chi connectivity index (χ2v) is 5.44. The van der Waals surface area contributed by atoms with Gasteiger partial charge in [-0.2, -0.15) is 0 Å². The molecule has 5 heteroatoms. The van der Waals surface area contributed by atoms with Gasteiger partial charge in [0.05, 0.1) is 11.1 Å². The Hall–Kier alpha value is -2.17. The smallest absolute Gasteiger partial charge is 0.262 e. The lowest BCUT2D eigenvalue weighted by Gasteiger charge is -2.17. The minimum absolute atomic E-state index is 0.109. The Morgan fingerprint density at radius 2 is 1.80 bits per heavy atom. The van der Waals surface area contributed by atoms with E-state index in [9.17, 15) is 14.4 Å². The van der Waals surface area contributed by atoms with Gasteiger partial charge in [0.15, 0.2) is 0 Å². The lowest BCUT2D eigenvalue weighted by Crippen LogP contribution is -2.43. The third kappa shape index (κ3) is 2.19. The number of carbonyl (C=O) groups is 3. The van der Waals surface area contributed by atoms with Crippen molar-refractivity contribution in [3.8, 4) is 0 Å². The van der Waals surface area contributed by atoms with Gasteiger partial charge in [0.1, 0.15) is 6.54 Å². The molecule has 1 fully saturated rings. The van der Waals surface area contributed by atoms with Crippen LogP contribution in [-0.4, -0.2) is 35.2 Å². The minimum Gasteiger partial charge on any atom is -0.352 e. The first-order valence-corrected chi connectivity index (χ1v) is 6.82. The molecule has 0 spiro atoms. The summed E-state index contributed by atoms with van der Waals surface area (Å²) < 4.78 is 0. The number of rotatable bonds is 4. The molecule has 5 nitrogen and oxygen atoms in total. The largest absolute Gasteiger partial charge is 0.352 e. The van der Waals surface area contributed by atoms with Crippen LogP contribution in [0.15, 0.2) is 24.3 Å². The first-order chi connectivity index (χ1) is 9.58. The number of hydrogen-bond donors (Lipinski definition) is 1. The van der Waals surface area contributed by atoms with Gasteiger partial charge in [0.2, 0.25) is 5.91 Å². The molecule has 1 heterocycles. The zero-order valence-electron chi connectivity index (χ0n) is 11.3. The predicted octanol–water partition coefficient (Wildman–Crippen LogP) is 1.20. The fraction of sp³-hybridized carbons (Fsp3) is 0.400. The molecule has 1 N–H and O–H groups in total. The van der Waals surface area contributed by atoms with Crippen LogP contribution in [0.2, 0.25) is 0 Å². The Labute approximate surface area is 116 Å². The fourth-order valence-electron chi connectivity index (χ4n) is 2.54. The van der Waals surface area contributed by atoms with Crippen molar-refractivity contribution in [2.75, 3.05) is 6.54 Å². The lowest BCUT2D eigenvalue weighted by molar-refractivity contribution is -0.122. The molecule has 1 saturated carbocycles. The van der Waals surface area contributed by atoms with Gasteiger partial charge in [-0.05, 0) is 37.8 Å². The van der Waals surface area contributed by atoms with Crippen LogP contribution in [0, 0.1) is 5.92 Å². The van der Waals surface area contributed by atoms with Crippen LogP contribution >= 0.6 is 0 Å². The van der Waals surface area contributed by atoms with Gasteiger partial charge < -0.3 is 5.32 Å². The van der Waals surface area contributed by atoms with Gasteiger partial charge in [-0.1, -0.05) is 12.1 Å². The first-order valence-electron chi connectivity index (χ1n) is 6.82. The predicted molar refractivity (Wildman–Crippen MR) is 72.1 cm³/mol. The van der Waals surface area contributed by atoms with Crippen molar-refractivity contribution < 1.29 is 14.4 Å². The summed E-state index contributed by atoms with van der Waals surface area (Å²) >= 11 is 0. The van der Waals surface area contributed by atoms with E-state index >= 15 is 0 Å². The average molecular weight is 272 g/mol. The van der Waals surface area contributed by atoms with Gasteiger partial charge >= 0.3 is 0 Å². The number of benzene rings is 1. The van der Waals surface area contributed by atoms with E-state index in [1.165, 1.54) is 0 Å². The molecule has 0 bridgehead atoms. The maximum atomic E-state index is 12.1. The van der Waals surface area contributed by atoms with Crippen LogP contribution in [0.4, 0.5) is 0 Å². The zero-order valence-corrected chi connectivity index (χ0v) is 11.3. The van der Waals surface area contributed by atoms with E-state index in [4.69, 9.17) is 0 Å². The van der Waals surface area contributed by atoms with Crippen molar-refractivity contribution in [2.24, 2.45) is 5.92 Å². The van der Waals surface area contributed by atoms with E-state index in [2.05, 4.69) is 5.32 Å². The number of nitrogens with zero attached hydrogens (tertiary/aromatic N) is 1. The molecular formula is C15H16N2O3. The molecule has 104 valence electrons. The van der Waals surface area contributed by atoms with E-state index in [-0.39, 0.29) is 30.3 Å². The van der Waals surface area contributed by atoms with Crippen molar-refractivity contribution >= 4 is 17.7 Å². The highest BCUT2D eigenvalue weighted by atomic mass is 16.2. The number of imide groups is 1. The summed E-state index contributed by atoms with van der Waals surface area (Å²) in [5, 5.41) is 2.85. The fourth-order valence-corrected chi connectivity index (χ4v) is 2.54. The number of amides is 3. The third-order valence-corrected chi connectivity index (χ3v) is 3.90. The number of carbonyl (C=O) groups excluding carboxylic acids is 3. The standard InChI is InChI=1S/C15H16N2O3/c1-9(10-6-7-10)16-13(18)8-17-14(19)11-4-2-3-5-12(11)15(17)20/h2-5,9-10H,6-8H2,1H3,(H,16,18)/t9-/m0/s1. The van der Waals surface area contributed by atoms with Crippen molar-refractivity contribution in [1.82, 2.24) is 10.2 Å². The molecule has 3 rings (SSSR count). The van der Waals surface area contributed by atoms with Gasteiger partial charge in [0.25, 0.3) is 11.8 Å². The van der Waals surface area contributed by atoms with Gasteiger partial charge in [-0.15, -0.1) is 0 Å². The highest BCUT2D eigenvalue weighted by Crippen LogP contribution is 2.32. The SMILES string of the molecule is C[C@H](NC(=O)CN1C(=O)c2ccccc2C1=O)C1CC1. The molecular weight excluding hydrogens is 256 g/mol. The van der Waals surface area contributed by atoms with Gasteiger partial charge in [0, 0.05) is 6.04 Å². The summed E-state index contributed by atoms with van der Waals surface area (Å²) in [5.74, 6) is -0.514. The summed E-state index contributed by atoms with van der Waals surface area (Å²) in [7, 11) is 0. The number of nitrogens with one attached hydrogen (secondary N) is 1. The summed E-state index contributed by atoms with van der Waals surface area (Å²) in [6.07, 6.45) is 2.27. The topological polar surface area (TPSA) is 66.5 Å². The van der Waals surface area contributed by atoms with Crippen molar-refractivity contribution in [3.63, 3.8) is 0 Å². The molecule has 1 atom stereocenters. The Morgan fingerprint density at radius 3 is 2.30 bits per heavy atom. The Morgan fingerprint density at radius 1 is 1.25 bits per heavy atom. The third-order valence-electron chi connectivity index (χ3n) is 3.90. The van der Waals surface area contributed by atoms with E-state index < -0.39 is 0 Å². The average Bonchev–Trinajstić information content (AvgIpc) is 3.25. The van der Waals surface area contributed by atoms with E-state index in [0.717, 1.165) is 17.7 Å². The van der Waals surface area contributed by atoms with Gasteiger partial charge in [-0.3, -0.25) is 19.3 Å². The summed E-state index contributed by atoms with van der Waals surface area (Å²) in [6.45, 7) is 1.75. The van der Waals surface area contributed by atoms with E-state index in [1.54, 1.807) is 24.3 Å². The second-order valence-electron chi connectivity index (χ2n) is 5.44. The highest BCUT2D eigenvalue weighted by molar-refractivity contribution is 6.22. The normalized spacial score (nSPS) is 18.9. The minimum atomic E-state index is -0.389. The molecule has 1 aliphatic carbocycles. The number of hydrogen-bond acceptors (Lipinski definition) is 3. The summed E-state index contributed by atoms with van der Waals surface area (Å²) in [6, 6.07) is 6.75. The van der Waals surface area contributed by atoms with Crippen molar-refractivity contribution in [3.05, 3.63) is 35.4 Å². The summed E-state index contributed by atoms with van der Waals surface area (Å²) in [4.78, 5) is 37.1. The molecule has 3 amide bonds. The Kier molecular flexibility index (Phi) is 3.04. The molecule has 0 aromatic heterocycles. The molecule has 0 unspecified atom stereocenters. The van der Waals surface area contributed by atoms with Crippen LogP contribution < -0.4 is 5.32 Å². The molecule has 2 aliphatic rings. The van der Waals surface area contributed by atoms with Crippen LogP contribution in [0.3, 0.4) is 0 Å². The van der Waals surface area contributed by atoms with Crippen LogP contribution in [0.1, 0.15) is 40.5 Å². The highest BCUT2D eigenvalue weighted by Gasteiger charge is 2.37. The second kappa shape index (κ2) is 4.74. The van der Waals surface area contributed by atoms with Crippen LogP contribution in [0.25, 0.3) is 0 Å². The van der Waals surface area contributed by atoms with Gasteiger partial charge in [-0.25, -0.2) is 0 Å². The quantitative estimate of drug-likeness (QED) is 0.837. The Bertz CT molecular complexity index is 558. The molecule has 0 saturated heterocycles. The van der Waals surface area contributed by atoms with Crippen LogP contribution in [-0.2, 0) is 4.79 Å².